The van der Waals surface area contributed by atoms with Gasteiger partial charge in [-0.15, -0.1) is 0 Å². The van der Waals surface area contributed by atoms with Gasteiger partial charge in [-0.25, -0.2) is 27.7 Å². The molecule has 216 valence electrons. The number of nitrogens with zero attached hydrogens (tertiary/aromatic N) is 2. The number of anilines is 1. The molecule has 2 aliphatic heterocycles. The highest BCUT2D eigenvalue weighted by Gasteiger charge is 2.59. The number of likely N-dealkylation sites (tertiary alicyclic amines) is 1. The van der Waals surface area contributed by atoms with E-state index in [-0.39, 0.29) is 24.7 Å². The van der Waals surface area contributed by atoms with Crippen molar-refractivity contribution in [3.8, 4) is 0 Å². The number of rotatable bonds is 8. The Morgan fingerprint density at radius 2 is 1.93 bits per heavy atom. The fourth-order valence-electron chi connectivity index (χ4n) is 6.08. The van der Waals surface area contributed by atoms with Gasteiger partial charge in [-0.3, -0.25) is 14.9 Å². The van der Waals surface area contributed by atoms with Gasteiger partial charge in [-0.05, 0) is 72.1 Å². The first-order chi connectivity index (χ1) is 19.5. The molecule has 41 heavy (non-hydrogen) atoms. The second-order valence-electron chi connectivity index (χ2n) is 11.3. The molecule has 6 rings (SSSR count). The minimum Gasteiger partial charge on any atom is -0.427 e. The van der Waals surface area contributed by atoms with Crippen molar-refractivity contribution < 1.29 is 37.1 Å². The Kier molecular flexibility index (Phi) is 6.55. The predicted octanol–water partition coefficient (Wildman–Crippen LogP) is 4.26. The van der Waals surface area contributed by atoms with Crippen LogP contribution in [0.4, 0.5) is 28.4 Å². The van der Waals surface area contributed by atoms with E-state index >= 15 is 0 Å². The van der Waals surface area contributed by atoms with Crippen LogP contribution >= 0.6 is 0 Å². The second kappa shape index (κ2) is 9.86. The maximum Gasteiger partial charge on any atom is 0.419 e. The van der Waals surface area contributed by atoms with Crippen molar-refractivity contribution in [2.75, 3.05) is 18.4 Å². The van der Waals surface area contributed by atoms with Crippen molar-refractivity contribution in [1.29, 1.82) is 0 Å². The molecule has 0 bridgehead atoms. The second-order valence-corrected chi connectivity index (χ2v) is 11.3. The van der Waals surface area contributed by atoms with Crippen LogP contribution in [0.2, 0.25) is 0 Å². The van der Waals surface area contributed by atoms with Gasteiger partial charge in [0.15, 0.2) is 12.5 Å². The zero-order chi connectivity index (χ0) is 29.1. The Bertz CT molecular complexity index is 1440. The lowest BCUT2D eigenvalue weighted by molar-refractivity contribution is -0.140. The summed E-state index contributed by atoms with van der Waals surface area (Å²) in [5.41, 5.74) is 1.44. The number of benzene rings is 2. The van der Waals surface area contributed by atoms with E-state index in [0.717, 1.165) is 33.8 Å². The number of carbonyl (C=O) groups is 4. The van der Waals surface area contributed by atoms with Gasteiger partial charge in [0.25, 0.3) is 11.8 Å². The highest BCUT2D eigenvalue weighted by atomic mass is 19.3. The number of imide groups is 1. The van der Waals surface area contributed by atoms with E-state index in [1.54, 1.807) is 18.2 Å². The molecule has 4 amide bonds. The minimum absolute atomic E-state index is 0.128. The Morgan fingerprint density at radius 1 is 1.17 bits per heavy atom. The number of ether oxygens (including phenoxy) is 1. The molecule has 1 unspecified atom stereocenters. The van der Waals surface area contributed by atoms with Gasteiger partial charge in [0.2, 0.25) is 5.60 Å². The lowest BCUT2D eigenvalue weighted by Gasteiger charge is -2.38. The molecule has 2 aromatic rings. The Labute approximate surface area is 234 Å². The highest BCUT2D eigenvalue weighted by molar-refractivity contribution is 6.06. The number of hydrogen-bond acceptors (Lipinski definition) is 6. The smallest absolute Gasteiger partial charge is 0.419 e. The predicted molar refractivity (Wildman–Crippen MR) is 140 cm³/mol. The fraction of sp³-hybridized carbons (Fsp3) is 0.448. The summed E-state index contributed by atoms with van der Waals surface area (Å²) in [6.07, 6.45) is 0.834. The number of urea groups is 1. The molecule has 3 atom stereocenters. The summed E-state index contributed by atoms with van der Waals surface area (Å²) >= 11 is 0. The number of nitrogens with one attached hydrogen (secondary N) is 2. The van der Waals surface area contributed by atoms with Crippen LogP contribution in [0, 0.1) is 11.7 Å². The molecule has 4 aliphatic rings. The normalized spacial score (nSPS) is 24.1. The number of alkyl halides is 2. The molecule has 0 aromatic heterocycles. The zero-order valence-corrected chi connectivity index (χ0v) is 22.3. The molecule has 12 heteroatoms. The zero-order valence-electron chi connectivity index (χ0n) is 22.3. The van der Waals surface area contributed by atoms with Gasteiger partial charge >= 0.3 is 12.1 Å². The molecule has 0 radical (unpaired) electrons. The average molecular weight is 571 g/mol. The third-order valence-corrected chi connectivity index (χ3v) is 8.53. The van der Waals surface area contributed by atoms with Gasteiger partial charge in [0.1, 0.15) is 5.82 Å². The van der Waals surface area contributed by atoms with Crippen molar-refractivity contribution in [3.05, 3.63) is 64.5 Å². The molecular weight excluding hydrogens is 541 g/mol. The van der Waals surface area contributed by atoms with Crippen LogP contribution in [-0.2, 0) is 32.9 Å². The van der Waals surface area contributed by atoms with Crippen molar-refractivity contribution in [2.24, 2.45) is 5.92 Å². The van der Waals surface area contributed by atoms with E-state index < -0.39 is 48.8 Å². The first-order valence-corrected chi connectivity index (χ1v) is 13.6. The van der Waals surface area contributed by atoms with Crippen molar-refractivity contribution >= 4 is 30.0 Å². The molecule has 2 saturated heterocycles. The molecular formula is C29H29F3N4O5. The summed E-state index contributed by atoms with van der Waals surface area (Å²) in [5, 5.41) is 5.54. The maximum atomic E-state index is 14.0. The molecule has 1 saturated carbocycles. The van der Waals surface area contributed by atoms with Crippen LogP contribution < -0.4 is 10.6 Å². The van der Waals surface area contributed by atoms with Gasteiger partial charge in [-0.1, -0.05) is 19.1 Å². The molecule has 2 N–H and O–H groups in total. The van der Waals surface area contributed by atoms with Crippen LogP contribution in [0.15, 0.2) is 36.4 Å². The molecule has 1 spiro atoms. The number of halogens is 3. The van der Waals surface area contributed by atoms with Crippen LogP contribution in [0.25, 0.3) is 0 Å². The van der Waals surface area contributed by atoms with Crippen LogP contribution in [0.5, 0.6) is 0 Å². The number of fused-ring (bicyclic) bond motifs is 2. The van der Waals surface area contributed by atoms with E-state index in [9.17, 15) is 32.3 Å². The first-order valence-electron chi connectivity index (χ1n) is 13.6. The van der Waals surface area contributed by atoms with E-state index in [1.807, 2.05) is 6.92 Å². The fourth-order valence-corrected chi connectivity index (χ4v) is 6.08. The monoisotopic (exact) mass is 570 g/mol. The number of aldehydes is 1. The van der Waals surface area contributed by atoms with Gasteiger partial charge in [0.05, 0.1) is 13.1 Å². The van der Waals surface area contributed by atoms with Crippen molar-refractivity contribution in [3.63, 3.8) is 0 Å². The van der Waals surface area contributed by atoms with E-state index in [2.05, 4.69) is 10.6 Å². The lowest BCUT2D eigenvalue weighted by atomic mass is 9.91. The van der Waals surface area contributed by atoms with E-state index in [4.69, 9.17) is 4.74 Å². The van der Waals surface area contributed by atoms with Crippen molar-refractivity contribution in [1.82, 2.24) is 15.1 Å². The lowest BCUT2D eigenvalue weighted by Crippen LogP contribution is -2.59. The number of amides is 4. The quantitative estimate of drug-likeness (QED) is 0.460. The topological polar surface area (TPSA) is 108 Å². The maximum absolute atomic E-state index is 14.0. The standard InChI is InChI=1S/C29H29F3N4O5/c1-16(17-2-3-17)22-11-20(30)5-4-19(22)12-33-24(13-37)36-25(38)29(41-27(36)40)9-8-18-10-21(6-7-23(18)29)34-26(39)35-14-28(31,32)15-35/h4-7,10-11,13,16-17,24,33H,2-3,8-9,12,14-15H2,1H3,(H,34,39)/t16-,24?,29-/m0/s1. The largest absolute Gasteiger partial charge is 0.427 e. The SMILES string of the molecule is C[C@H](c1cc(F)ccc1CNC(C=O)N1C(=O)O[C@]2(CCc3cc(NC(=O)N4CC(F)(F)C4)ccc32)C1=O)C1CC1. The third kappa shape index (κ3) is 4.83. The highest BCUT2D eigenvalue weighted by Crippen LogP contribution is 2.47. The van der Waals surface area contributed by atoms with E-state index in [0.29, 0.717) is 35.4 Å². The summed E-state index contributed by atoms with van der Waals surface area (Å²) in [4.78, 5) is 52.8. The summed E-state index contributed by atoms with van der Waals surface area (Å²) in [6.45, 7) is 0.862. The third-order valence-electron chi connectivity index (χ3n) is 8.53. The molecule has 3 fully saturated rings. The Hall–Kier alpha value is -3.93. The number of aryl methyl sites for hydroxylation is 1. The molecule has 2 aromatic carbocycles. The van der Waals surface area contributed by atoms with Gasteiger partial charge in [-0.2, -0.15) is 0 Å². The number of hydrogen-bond donors (Lipinski definition) is 2. The summed E-state index contributed by atoms with van der Waals surface area (Å²) in [7, 11) is 0. The summed E-state index contributed by atoms with van der Waals surface area (Å²) < 4.78 is 45.9. The van der Waals surface area contributed by atoms with Crippen molar-refractivity contribution in [2.45, 2.75) is 62.8 Å². The summed E-state index contributed by atoms with van der Waals surface area (Å²) in [5.74, 6) is -3.31. The first kappa shape index (κ1) is 27.3. The average Bonchev–Trinajstić information content (AvgIpc) is 3.67. The molecule has 2 heterocycles. The number of carbonyl (C=O) groups excluding carboxylic acids is 4. The van der Waals surface area contributed by atoms with Crippen LogP contribution in [0.1, 0.15) is 54.4 Å². The van der Waals surface area contributed by atoms with Gasteiger partial charge < -0.3 is 15.0 Å². The minimum atomic E-state index is -2.88. The van der Waals surface area contributed by atoms with Crippen LogP contribution in [0.3, 0.4) is 0 Å². The molecule has 2 aliphatic carbocycles. The van der Waals surface area contributed by atoms with Gasteiger partial charge in [0, 0.05) is 24.2 Å². The van der Waals surface area contributed by atoms with E-state index in [1.165, 1.54) is 18.2 Å². The van der Waals surface area contributed by atoms with Crippen LogP contribution in [-0.4, -0.2) is 59.3 Å². The molecule has 9 nitrogen and oxygen atoms in total. The Balaban J connectivity index is 1.17. The summed E-state index contributed by atoms with van der Waals surface area (Å²) in [6, 6.07) is 8.50. The Morgan fingerprint density at radius 3 is 2.61 bits per heavy atom.